The van der Waals surface area contributed by atoms with Crippen molar-refractivity contribution < 1.29 is 9.53 Å². The highest BCUT2D eigenvalue weighted by atomic mass is 16.5. The molecule has 0 N–H and O–H groups in total. The van der Waals surface area contributed by atoms with E-state index in [4.69, 9.17) is 9.72 Å². The van der Waals surface area contributed by atoms with Crippen LogP contribution in [0.1, 0.15) is 26.7 Å². The fourth-order valence-corrected chi connectivity index (χ4v) is 3.67. The number of carbonyl (C=O) groups excluding carboxylic acids is 1. The minimum atomic E-state index is 0.0511. The predicted octanol–water partition coefficient (Wildman–Crippen LogP) is 3.49. The van der Waals surface area contributed by atoms with Crippen LogP contribution in [0.5, 0.6) is 5.88 Å². The third-order valence-corrected chi connectivity index (χ3v) is 5.30. The van der Waals surface area contributed by atoms with Crippen LogP contribution in [-0.2, 0) is 4.79 Å². The van der Waals surface area contributed by atoms with E-state index in [9.17, 15) is 4.79 Å². The average molecular weight is 406 g/mol. The minimum Gasteiger partial charge on any atom is -0.468 e. The minimum absolute atomic E-state index is 0.0511. The highest BCUT2D eigenvalue weighted by molar-refractivity contribution is 5.81. The number of fused-ring (bicyclic) bond motifs is 1. The first kappa shape index (κ1) is 20.1. The summed E-state index contributed by atoms with van der Waals surface area (Å²) >= 11 is 0. The fourth-order valence-electron chi connectivity index (χ4n) is 3.67. The summed E-state index contributed by atoms with van der Waals surface area (Å²) in [5.41, 5.74) is 1.00. The van der Waals surface area contributed by atoms with Crippen molar-refractivity contribution in [3.63, 3.8) is 0 Å². The second-order valence-corrected chi connectivity index (χ2v) is 7.22. The Kier molecular flexibility index (Phi) is 6.07. The number of aromatic nitrogens is 3. The van der Waals surface area contributed by atoms with Crippen LogP contribution in [0, 0.1) is 0 Å². The summed E-state index contributed by atoms with van der Waals surface area (Å²) in [5.74, 6) is 2.55. The molecule has 7 nitrogen and oxygen atoms in total. The zero-order chi connectivity index (χ0) is 20.9. The zero-order valence-corrected chi connectivity index (χ0v) is 17.5. The zero-order valence-electron chi connectivity index (χ0n) is 17.5. The molecule has 4 heterocycles. The lowest BCUT2D eigenvalue weighted by Crippen LogP contribution is -2.54. The summed E-state index contributed by atoms with van der Waals surface area (Å²) in [6, 6.07) is 12.3. The van der Waals surface area contributed by atoms with Crippen molar-refractivity contribution in [2.45, 2.75) is 32.8 Å². The molecule has 0 amide bonds. The molecule has 2 aliphatic heterocycles. The van der Waals surface area contributed by atoms with E-state index in [0.717, 1.165) is 35.6 Å². The first-order valence-electron chi connectivity index (χ1n) is 10.6. The van der Waals surface area contributed by atoms with E-state index in [1.165, 1.54) is 0 Å². The molecule has 2 aliphatic rings. The van der Waals surface area contributed by atoms with Gasteiger partial charge in [0.1, 0.15) is 17.7 Å². The van der Waals surface area contributed by atoms with Crippen LogP contribution >= 0.6 is 0 Å². The molecular formula is C23H27N5O2. The van der Waals surface area contributed by atoms with E-state index >= 15 is 0 Å². The quantitative estimate of drug-likeness (QED) is 0.658. The lowest BCUT2D eigenvalue weighted by atomic mass is 10.1. The van der Waals surface area contributed by atoms with Gasteiger partial charge >= 0.3 is 0 Å². The number of rotatable bonds is 4. The Morgan fingerprint density at radius 2 is 1.67 bits per heavy atom. The van der Waals surface area contributed by atoms with Crippen LogP contribution < -0.4 is 14.5 Å². The van der Waals surface area contributed by atoms with Crippen molar-refractivity contribution in [3.8, 4) is 5.88 Å². The van der Waals surface area contributed by atoms with E-state index in [1.54, 1.807) is 12.4 Å². The number of hydrogen-bond donors (Lipinski definition) is 0. The lowest BCUT2D eigenvalue weighted by Gasteiger charge is -2.40. The normalized spacial score (nSPS) is 16.7. The number of Topliss-reactive ketones (excluding diaryl/α,β-unsaturated/α-hetero) is 1. The molecule has 156 valence electrons. The summed E-state index contributed by atoms with van der Waals surface area (Å²) in [6.07, 6.45) is 4.48. The smallest absolute Gasteiger partial charge is 0.258 e. The predicted molar refractivity (Wildman–Crippen MR) is 118 cm³/mol. The van der Waals surface area contributed by atoms with Crippen LogP contribution in [0.15, 0.2) is 48.8 Å². The van der Waals surface area contributed by atoms with Crippen molar-refractivity contribution in [2.75, 3.05) is 36.0 Å². The Balaban J connectivity index is 0.00000106. The molecular weight excluding hydrogens is 378 g/mol. The monoisotopic (exact) mass is 405 g/mol. The maximum Gasteiger partial charge on any atom is 0.258 e. The lowest BCUT2D eigenvalue weighted by molar-refractivity contribution is -0.119. The van der Waals surface area contributed by atoms with Gasteiger partial charge in [0.15, 0.2) is 5.82 Å². The number of benzene rings is 1. The molecule has 0 atom stereocenters. The molecule has 2 saturated heterocycles. The van der Waals surface area contributed by atoms with Crippen LogP contribution in [0.2, 0.25) is 0 Å². The highest BCUT2D eigenvalue weighted by Gasteiger charge is 2.31. The van der Waals surface area contributed by atoms with E-state index in [2.05, 4.69) is 38.0 Å². The standard InChI is InChI=1S/C21H21N5O2.C2H6/c27-16-7-11-25(12-8-16)20-21(23-10-9-22-20)28-17-13-26(14-17)19-6-5-15-3-1-2-4-18(15)24-19;1-2/h1-6,9-10,17H,7-8,11-14H2;1-2H3. The van der Waals surface area contributed by atoms with Gasteiger partial charge < -0.3 is 14.5 Å². The number of hydrogen-bond acceptors (Lipinski definition) is 7. The van der Waals surface area contributed by atoms with Gasteiger partial charge in [0.2, 0.25) is 0 Å². The Labute approximate surface area is 176 Å². The van der Waals surface area contributed by atoms with Gasteiger partial charge in [-0.3, -0.25) is 4.79 Å². The molecule has 7 heteroatoms. The number of piperidine rings is 1. The molecule has 0 saturated carbocycles. The number of nitrogens with zero attached hydrogens (tertiary/aromatic N) is 5. The SMILES string of the molecule is CC.O=C1CCN(c2nccnc2OC2CN(c3ccc4ccccc4n3)C2)CC1. The molecule has 5 rings (SSSR count). The Morgan fingerprint density at radius 1 is 0.933 bits per heavy atom. The molecule has 2 fully saturated rings. The summed E-state index contributed by atoms with van der Waals surface area (Å²) in [4.78, 5) is 29.4. The molecule has 0 spiro atoms. The molecule has 0 unspecified atom stereocenters. The van der Waals surface area contributed by atoms with E-state index in [-0.39, 0.29) is 6.10 Å². The molecule has 0 radical (unpaired) electrons. The third kappa shape index (κ3) is 4.20. The molecule has 0 bridgehead atoms. The second-order valence-electron chi connectivity index (χ2n) is 7.22. The van der Waals surface area contributed by atoms with Crippen molar-refractivity contribution in [1.82, 2.24) is 15.0 Å². The van der Waals surface area contributed by atoms with Gasteiger partial charge in [-0.15, -0.1) is 0 Å². The van der Waals surface area contributed by atoms with Crippen molar-refractivity contribution in [3.05, 3.63) is 48.8 Å². The Hall–Kier alpha value is -3.22. The summed E-state index contributed by atoms with van der Waals surface area (Å²) < 4.78 is 6.13. The van der Waals surface area contributed by atoms with Crippen molar-refractivity contribution in [1.29, 1.82) is 0 Å². The van der Waals surface area contributed by atoms with Crippen molar-refractivity contribution >= 4 is 28.3 Å². The van der Waals surface area contributed by atoms with Crippen LogP contribution in [0.4, 0.5) is 11.6 Å². The van der Waals surface area contributed by atoms with Crippen LogP contribution in [0.3, 0.4) is 0 Å². The topological polar surface area (TPSA) is 71.5 Å². The first-order chi connectivity index (χ1) is 14.8. The second kappa shape index (κ2) is 9.07. The number of ketones is 1. The number of pyridine rings is 1. The number of para-hydroxylation sites is 1. The van der Waals surface area contributed by atoms with Gasteiger partial charge in [-0.2, -0.15) is 0 Å². The van der Waals surface area contributed by atoms with Crippen LogP contribution in [-0.4, -0.2) is 53.0 Å². The fraction of sp³-hybridized carbons (Fsp3) is 0.391. The molecule has 1 aromatic carbocycles. The molecule has 3 aromatic rings. The maximum atomic E-state index is 11.5. The van der Waals surface area contributed by atoms with E-state index in [0.29, 0.717) is 37.6 Å². The number of anilines is 2. The van der Waals surface area contributed by atoms with E-state index < -0.39 is 0 Å². The first-order valence-corrected chi connectivity index (χ1v) is 10.6. The van der Waals surface area contributed by atoms with E-state index in [1.807, 2.05) is 32.0 Å². The van der Waals surface area contributed by atoms with Crippen molar-refractivity contribution in [2.24, 2.45) is 0 Å². The maximum absolute atomic E-state index is 11.5. The average Bonchev–Trinajstić information content (AvgIpc) is 2.78. The third-order valence-electron chi connectivity index (χ3n) is 5.30. The van der Waals surface area contributed by atoms with Gasteiger partial charge in [0.25, 0.3) is 5.88 Å². The largest absolute Gasteiger partial charge is 0.468 e. The van der Waals surface area contributed by atoms with Gasteiger partial charge in [-0.25, -0.2) is 15.0 Å². The van der Waals surface area contributed by atoms with Gasteiger partial charge in [-0.1, -0.05) is 32.0 Å². The Morgan fingerprint density at radius 3 is 2.47 bits per heavy atom. The van der Waals surface area contributed by atoms with Crippen LogP contribution in [0.25, 0.3) is 10.9 Å². The van der Waals surface area contributed by atoms with Gasteiger partial charge in [-0.05, 0) is 18.2 Å². The number of ether oxygens (including phenoxy) is 1. The summed E-state index contributed by atoms with van der Waals surface area (Å²) in [6.45, 7) is 6.87. The number of carbonyl (C=O) groups is 1. The molecule has 30 heavy (non-hydrogen) atoms. The molecule has 2 aromatic heterocycles. The molecule has 0 aliphatic carbocycles. The summed E-state index contributed by atoms with van der Waals surface area (Å²) in [7, 11) is 0. The summed E-state index contributed by atoms with van der Waals surface area (Å²) in [5, 5.41) is 1.14. The van der Waals surface area contributed by atoms with Gasteiger partial charge in [0.05, 0.1) is 18.6 Å². The Bertz CT molecular complexity index is 1010. The van der Waals surface area contributed by atoms with Gasteiger partial charge in [0, 0.05) is 43.7 Å². The highest BCUT2D eigenvalue weighted by Crippen LogP contribution is 2.29.